The van der Waals surface area contributed by atoms with Crippen LogP contribution in [0.5, 0.6) is 0 Å². The molecule has 0 spiro atoms. The van der Waals surface area contributed by atoms with Crippen LogP contribution in [0.15, 0.2) is 61.2 Å². The van der Waals surface area contributed by atoms with Crippen LogP contribution in [0.1, 0.15) is 49.6 Å². The molecule has 0 bridgehead atoms. The molecule has 1 fully saturated rings. The fraction of sp³-hybridized carbons (Fsp3) is 0.417. The molecule has 0 radical (unpaired) electrons. The van der Waals surface area contributed by atoms with Crippen LogP contribution in [0.25, 0.3) is 0 Å². The lowest BCUT2D eigenvalue weighted by atomic mass is 9.89. The highest BCUT2D eigenvalue weighted by atomic mass is 32.2. The summed E-state index contributed by atoms with van der Waals surface area (Å²) in [6.45, 7) is 6.97. The maximum Gasteiger partial charge on any atom is 0.235 e. The Kier molecular flexibility index (Phi) is 6.91. The highest BCUT2D eigenvalue weighted by molar-refractivity contribution is 7.93. The van der Waals surface area contributed by atoms with E-state index in [0.717, 1.165) is 44.7 Å². The van der Waals surface area contributed by atoms with Crippen molar-refractivity contribution in [2.24, 2.45) is 0 Å². The average Bonchev–Trinajstić information content (AvgIpc) is 3.21. The van der Waals surface area contributed by atoms with Crippen LogP contribution in [0.2, 0.25) is 0 Å². The van der Waals surface area contributed by atoms with E-state index in [-0.39, 0.29) is 0 Å². The van der Waals surface area contributed by atoms with Crippen molar-refractivity contribution in [3.8, 4) is 0 Å². The van der Waals surface area contributed by atoms with E-state index in [9.17, 15) is 8.42 Å². The van der Waals surface area contributed by atoms with Crippen LogP contribution in [0.4, 0.5) is 5.69 Å². The van der Waals surface area contributed by atoms with Gasteiger partial charge in [0.05, 0.1) is 29.5 Å². The number of sulfonamides is 1. The third-order valence-electron chi connectivity index (χ3n) is 6.07. The van der Waals surface area contributed by atoms with Gasteiger partial charge < -0.3 is 4.57 Å². The smallest absolute Gasteiger partial charge is 0.235 e. The molecule has 0 atom stereocenters. The molecule has 1 aliphatic heterocycles. The van der Waals surface area contributed by atoms with Gasteiger partial charge in [0.1, 0.15) is 0 Å². The number of benzene rings is 1. The summed E-state index contributed by atoms with van der Waals surface area (Å²) in [6.07, 6.45) is 7.74. The number of hydrogen-bond acceptors (Lipinski definition) is 5. The van der Waals surface area contributed by atoms with Crippen molar-refractivity contribution in [2.45, 2.75) is 50.9 Å². The molecule has 1 saturated heterocycles. The Labute approximate surface area is 190 Å². The normalized spacial score (nSPS) is 15.8. The Hall–Kier alpha value is -2.71. The van der Waals surface area contributed by atoms with E-state index in [1.807, 2.05) is 55.1 Å². The number of likely N-dealkylation sites (tertiary alicyclic amines) is 1. The first kappa shape index (κ1) is 22.5. The number of rotatable bonds is 8. The number of piperidine rings is 1. The van der Waals surface area contributed by atoms with Crippen LogP contribution < -0.4 is 4.72 Å². The van der Waals surface area contributed by atoms with E-state index in [4.69, 9.17) is 0 Å². The summed E-state index contributed by atoms with van der Waals surface area (Å²) in [5, 5.41) is -0.458. The summed E-state index contributed by atoms with van der Waals surface area (Å²) >= 11 is 0. The molecule has 1 aromatic carbocycles. The topological polar surface area (TPSA) is 80.1 Å². The van der Waals surface area contributed by atoms with Gasteiger partial charge in [-0.3, -0.25) is 14.6 Å². The molecule has 2 aromatic heterocycles. The Balaban J connectivity index is 1.35. The first-order valence-corrected chi connectivity index (χ1v) is 12.7. The zero-order chi connectivity index (χ0) is 22.6. The van der Waals surface area contributed by atoms with Gasteiger partial charge >= 0.3 is 0 Å². The summed E-state index contributed by atoms with van der Waals surface area (Å²) in [4.78, 5) is 11.2. The van der Waals surface area contributed by atoms with Crippen LogP contribution in [-0.2, 0) is 23.1 Å². The number of aromatic nitrogens is 3. The standard InChI is InChI=1S/C24H31N5O2S/c1-19(2)32(30,31)27-22-8-5-6-21(14-22)20-9-12-28(13-10-20)17-24-15-25-18-29(24)16-23-7-3-4-11-26-23/h3-8,11,14-15,18-20,27H,9-10,12-13,16-17H2,1-2H3. The molecule has 0 aliphatic carbocycles. The van der Waals surface area contributed by atoms with Gasteiger partial charge in [0, 0.05) is 24.6 Å². The zero-order valence-corrected chi connectivity index (χ0v) is 19.5. The van der Waals surface area contributed by atoms with Gasteiger partial charge in [-0.05, 0) is 75.5 Å². The molecule has 0 saturated carbocycles. The van der Waals surface area contributed by atoms with Crippen molar-refractivity contribution in [3.05, 3.63) is 78.1 Å². The van der Waals surface area contributed by atoms with Crippen molar-refractivity contribution in [2.75, 3.05) is 17.8 Å². The quantitative estimate of drug-likeness (QED) is 0.560. The minimum atomic E-state index is -3.33. The monoisotopic (exact) mass is 453 g/mol. The Morgan fingerprint density at radius 3 is 2.62 bits per heavy atom. The molecular weight excluding hydrogens is 422 g/mol. The van der Waals surface area contributed by atoms with Crippen LogP contribution in [-0.4, -0.2) is 46.2 Å². The lowest BCUT2D eigenvalue weighted by Gasteiger charge is -2.32. The van der Waals surface area contributed by atoms with Gasteiger partial charge in [0.25, 0.3) is 0 Å². The second-order valence-electron chi connectivity index (χ2n) is 8.71. The molecule has 7 nitrogen and oxygen atoms in total. The van der Waals surface area contributed by atoms with Crippen molar-refractivity contribution >= 4 is 15.7 Å². The van der Waals surface area contributed by atoms with Gasteiger partial charge in [-0.25, -0.2) is 13.4 Å². The molecule has 1 aliphatic rings. The second-order valence-corrected chi connectivity index (χ2v) is 10.9. The van der Waals surface area contributed by atoms with Gasteiger partial charge in [0.15, 0.2) is 0 Å². The number of hydrogen-bond donors (Lipinski definition) is 1. The Morgan fingerprint density at radius 2 is 1.91 bits per heavy atom. The first-order chi connectivity index (χ1) is 15.4. The van der Waals surface area contributed by atoms with Crippen molar-refractivity contribution in [1.82, 2.24) is 19.4 Å². The van der Waals surface area contributed by atoms with E-state index in [2.05, 4.69) is 30.2 Å². The summed E-state index contributed by atoms with van der Waals surface area (Å²) < 4.78 is 29.3. The number of nitrogens with zero attached hydrogens (tertiary/aromatic N) is 4. The highest BCUT2D eigenvalue weighted by Gasteiger charge is 2.22. The van der Waals surface area contributed by atoms with E-state index in [1.165, 1.54) is 11.3 Å². The third kappa shape index (κ3) is 5.55. The molecule has 1 N–H and O–H groups in total. The number of nitrogens with one attached hydrogen (secondary N) is 1. The summed E-state index contributed by atoms with van der Waals surface area (Å²) in [5.41, 5.74) is 4.07. The lowest BCUT2D eigenvalue weighted by molar-refractivity contribution is 0.200. The minimum Gasteiger partial charge on any atom is -0.327 e. The van der Waals surface area contributed by atoms with E-state index >= 15 is 0 Å². The van der Waals surface area contributed by atoms with Crippen LogP contribution in [0, 0.1) is 0 Å². The fourth-order valence-corrected chi connectivity index (χ4v) is 4.77. The molecule has 3 heterocycles. The van der Waals surface area contributed by atoms with E-state index in [0.29, 0.717) is 11.6 Å². The number of anilines is 1. The second kappa shape index (κ2) is 9.83. The summed E-state index contributed by atoms with van der Waals surface area (Å²) in [6, 6.07) is 13.8. The zero-order valence-electron chi connectivity index (χ0n) is 18.7. The van der Waals surface area contributed by atoms with Crippen LogP contribution in [0.3, 0.4) is 0 Å². The molecule has 170 valence electrons. The maximum atomic E-state index is 12.2. The van der Waals surface area contributed by atoms with E-state index < -0.39 is 15.3 Å². The predicted octanol–water partition coefficient (Wildman–Crippen LogP) is 3.86. The largest absolute Gasteiger partial charge is 0.327 e. The highest BCUT2D eigenvalue weighted by Crippen LogP contribution is 2.30. The summed E-state index contributed by atoms with van der Waals surface area (Å²) in [5.74, 6) is 0.438. The van der Waals surface area contributed by atoms with Gasteiger partial charge in [-0.1, -0.05) is 18.2 Å². The van der Waals surface area contributed by atoms with E-state index in [1.54, 1.807) is 13.8 Å². The Bertz CT molecular complexity index is 1120. The van der Waals surface area contributed by atoms with Gasteiger partial charge in [0.2, 0.25) is 10.0 Å². The predicted molar refractivity (Wildman–Crippen MR) is 127 cm³/mol. The molecular formula is C24H31N5O2S. The minimum absolute atomic E-state index is 0.438. The maximum absolute atomic E-state index is 12.2. The molecule has 8 heteroatoms. The van der Waals surface area contributed by atoms with Crippen molar-refractivity contribution < 1.29 is 8.42 Å². The SMILES string of the molecule is CC(C)S(=O)(=O)Nc1cccc(C2CCN(Cc3cncn3Cc3ccccn3)CC2)c1. The van der Waals surface area contributed by atoms with Crippen LogP contribution >= 0.6 is 0 Å². The molecule has 32 heavy (non-hydrogen) atoms. The lowest BCUT2D eigenvalue weighted by Crippen LogP contribution is -2.33. The summed E-state index contributed by atoms with van der Waals surface area (Å²) in [7, 11) is -3.33. The first-order valence-electron chi connectivity index (χ1n) is 11.1. The van der Waals surface area contributed by atoms with Crippen molar-refractivity contribution in [3.63, 3.8) is 0 Å². The van der Waals surface area contributed by atoms with Gasteiger partial charge in [-0.15, -0.1) is 0 Å². The molecule has 4 rings (SSSR count). The van der Waals surface area contributed by atoms with Crippen molar-refractivity contribution in [1.29, 1.82) is 0 Å². The van der Waals surface area contributed by atoms with Gasteiger partial charge in [-0.2, -0.15) is 0 Å². The number of pyridine rings is 1. The fourth-order valence-electron chi connectivity index (χ4n) is 4.08. The third-order valence-corrected chi connectivity index (χ3v) is 7.83. The Morgan fingerprint density at radius 1 is 1.09 bits per heavy atom. The molecule has 0 amide bonds. The average molecular weight is 454 g/mol. The number of imidazole rings is 1. The molecule has 0 unspecified atom stereocenters. The molecule has 3 aromatic rings.